The fourth-order valence-corrected chi connectivity index (χ4v) is 1.53. The van der Waals surface area contributed by atoms with Crippen molar-refractivity contribution in [2.75, 3.05) is 0 Å². The summed E-state index contributed by atoms with van der Waals surface area (Å²) in [5, 5.41) is 10.7. The minimum Gasteiger partial charge on any atom is -0.369 e. The van der Waals surface area contributed by atoms with Crippen LogP contribution in [0.5, 0.6) is 0 Å². The van der Waals surface area contributed by atoms with Gasteiger partial charge in [-0.15, -0.1) is 0 Å². The van der Waals surface area contributed by atoms with Gasteiger partial charge in [0, 0.05) is 0 Å². The van der Waals surface area contributed by atoms with Crippen LogP contribution in [0.3, 0.4) is 0 Å². The van der Waals surface area contributed by atoms with E-state index >= 15 is 0 Å². The molecule has 0 unspecified atom stereocenters. The molecule has 14 heavy (non-hydrogen) atoms. The molecule has 0 aliphatic carbocycles. The van der Waals surface area contributed by atoms with Gasteiger partial charge in [0.25, 0.3) is 11.9 Å². The third-order valence-corrected chi connectivity index (χ3v) is 2.13. The number of nitrogens with zero attached hydrogens (tertiary/aromatic N) is 1. The van der Waals surface area contributed by atoms with Crippen LogP contribution in [0.1, 0.15) is 22.1 Å². The molecule has 0 fully saturated rings. The lowest BCUT2D eigenvalue weighted by molar-refractivity contribution is 0.0847. The van der Waals surface area contributed by atoms with Crippen LogP contribution in [0.25, 0.3) is 0 Å². The van der Waals surface area contributed by atoms with Gasteiger partial charge in [-0.25, -0.2) is 9.37 Å². The Hall–Kier alpha value is -1.27. The van der Waals surface area contributed by atoms with E-state index in [0.29, 0.717) is 0 Å². The van der Waals surface area contributed by atoms with E-state index in [4.69, 9.17) is 16.7 Å². The summed E-state index contributed by atoms with van der Waals surface area (Å²) in [5.74, 6) is -3.58. The Morgan fingerprint density at radius 3 is 2.79 bits per heavy atom. The molecule has 0 spiro atoms. The highest BCUT2D eigenvalue weighted by Gasteiger charge is 2.35. The van der Waals surface area contributed by atoms with E-state index in [1.807, 2.05) is 5.32 Å². The molecule has 1 aliphatic rings. The molecule has 1 aromatic rings. The van der Waals surface area contributed by atoms with Crippen molar-refractivity contribution in [3.63, 3.8) is 0 Å². The van der Waals surface area contributed by atoms with Crippen molar-refractivity contribution in [2.24, 2.45) is 0 Å². The van der Waals surface area contributed by atoms with E-state index in [9.17, 15) is 13.6 Å². The lowest BCUT2D eigenvalue weighted by Gasteiger charge is -2.04. The SMILES string of the molecule is O=C1N[C@H](O)c2c(F)c(F)nc(Cl)c21. The Balaban J connectivity index is 2.79. The Kier molecular flexibility index (Phi) is 1.90. The van der Waals surface area contributed by atoms with Crippen LogP contribution in [0, 0.1) is 11.8 Å². The second-order valence-corrected chi connectivity index (χ2v) is 3.03. The van der Waals surface area contributed by atoms with Gasteiger partial charge in [0.05, 0.1) is 11.1 Å². The van der Waals surface area contributed by atoms with Gasteiger partial charge in [-0.3, -0.25) is 4.79 Å². The molecule has 0 aromatic carbocycles. The molecule has 4 nitrogen and oxygen atoms in total. The molecule has 2 N–H and O–H groups in total. The standard InChI is InChI=1S/C7H3ClF2N2O2/c8-4-2-1(3(9)5(10)11-4)6(13)12-7(2)14/h6,13H,(H,12,14)/t6-/m1/s1. The molecule has 1 aliphatic heterocycles. The summed E-state index contributed by atoms with van der Waals surface area (Å²) in [4.78, 5) is 14.1. The predicted octanol–water partition coefficient (Wildman–Crippen LogP) is 0.748. The number of nitrogens with one attached hydrogen (secondary N) is 1. The number of amides is 1. The van der Waals surface area contributed by atoms with Crippen LogP contribution in [0.4, 0.5) is 8.78 Å². The summed E-state index contributed by atoms with van der Waals surface area (Å²) >= 11 is 5.42. The molecule has 0 radical (unpaired) electrons. The zero-order valence-corrected chi connectivity index (χ0v) is 7.27. The van der Waals surface area contributed by atoms with E-state index in [1.165, 1.54) is 0 Å². The van der Waals surface area contributed by atoms with Crippen LogP contribution in [-0.4, -0.2) is 16.0 Å². The highest BCUT2D eigenvalue weighted by atomic mass is 35.5. The van der Waals surface area contributed by atoms with Crippen LogP contribution in [0.15, 0.2) is 0 Å². The summed E-state index contributed by atoms with van der Waals surface area (Å²) in [6, 6.07) is 0. The highest BCUT2D eigenvalue weighted by Crippen LogP contribution is 2.31. The number of rotatable bonds is 0. The van der Waals surface area contributed by atoms with Crippen LogP contribution < -0.4 is 5.32 Å². The summed E-state index contributed by atoms with van der Waals surface area (Å²) in [5.41, 5.74) is -0.814. The quantitative estimate of drug-likeness (QED) is 0.634. The second kappa shape index (κ2) is 2.86. The summed E-state index contributed by atoms with van der Waals surface area (Å²) in [6.45, 7) is 0. The monoisotopic (exact) mass is 220 g/mol. The largest absolute Gasteiger partial charge is 0.369 e. The maximum Gasteiger partial charge on any atom is 0.257 e. The van der Waals surface area contributed by atoms with E-state index in [2.05, 4.69) is 4.98 Å². The van der Waals surface area contributed by atoms with Gasteiger partial charge in [0.2, 0.25) is 0 Å². The Bertz CT molecular complexity index is 438. The number of carbonyl (C=O) groups is 1. The summed E-state index contributed by atoms with van der Waals surface area (Å²) < 4.78 is 25.8. The van der Waals surface area contributed by atoms with Gasteiger partial charge in [-0.1, -0.05) is 11.6 Å². The van der Waals surface area contributed by atoms with Gasteiger partial charge in [-0.2, -0.15) is 4.39 Å². The Morgan fingerprint density at radius 2 is 2.14 bits per heavy atom. The predicted molar refractivity (Wildman–Crippen MR) is 41.6 cm³/mol. The lowest BCUT2D eigenvalue weighted by Crippen LogP contribution is -2.18. The number of carbonyl (C=O) groups excluding carboxylic acids is 1. The third-order valence-electron chi connectivity index (χ3n) is 1.86. The van der Waals surface area contributed by atoms with Gasteiger partial charge >= 0.3 is 0 Å². The average molecular weight is 221 g/mol. The van der Waals surface area contributed by atoms with E-state index in [-0.39, 0.29) is 5.56 Å². The Labute approximate surface area is 81.5 Å². The summed E-state index contributed by atoms with van der Waals surface area (Å²) in [7, 11) is 0. The zero-order chi connectivity index (χ0) is 10.5. The number of hydrogen-bond donors (Lipinski definition) is 2. The Morgan fingerprint density at radius 1 is 1.50 bits per heavy atom. The number of aliphatic hydroxyl groups is 1. The summed E-state index contributed by atoms with van der Waals surface area (Å²) in [6.07, 6.45) is -1.58. The number of halogens is 3. The van der Waals surface area contributed by atoms with Crippen molar-refractivity contribution >= 4 is 17.5 Å². The zero-order valence-electron chi connectivity index (χ0n) is 6.51. The fourth-order valence-electron chi connectivity index (χ4n) is 1.26. The van der Waals surface area contributed by atoms with Crippen LogP contribution >= 0.6 is 11.6 Å². The van der Waals surface area contributed by atoms with E-state index < -0.39 is 34.6 Å². The number of pyridine rings is 1. The van der Waals surface area contributed by atoms with Gasteiger partial charge in [-0.05, 0) is 0 Å². The molecule has 1 aromatic heterocycles. The van der Waals surface area contributed by atoms with Gasteiger partial charge in [0.1, 0.15) is 5.15 Å². The number of fused-ring (bicyclic) bond motifs is 1. The first-order chi connectivity index (χ1) is 6.52. The lowest BCUT2D eigenvalue weighted by atomic mass is 10.1. The average Bonchev–Trinajstić information content (AvgIpc) is 2.38. The highest BCUT2D eigenvalue weighted by molar-refractivity contribution is 6.33. The fraction of sp³-hybridized carbons (Fsp3) is 0.143. The molecule has 0 saturated heterocycles. The topological polar surface area (TPSA) is 62.2 Å². The second-order valence-electron chi connectivity index (χ2n) is 2.67. The molecule has 0 saturated carbocycles. The van der Waals surface area contributed by atoms with Gasteiger partial charge in [0.15, 0.2) is 12.0 Å². The molecule has 74 valence electrons. The first-order valence-electron chi connectivity index (χ1n) is 3.55. The maximum atomic E-state index is 13.1. The maximum absolute atomic E-state index is 13.1. The van der Waals surface area contributed by atoms with Crippen molar-refractivity contribution in [2.45, 2.75) is 6.23 Å². The number of aromatic nitrogens is 1. The van der Waals surface area contributed by atoms with E-state index in [1.54, 1.807) is 0 Å². The normalized spacial score (nSPS) is 19.4. The number of aliphatic hydroxyl groups excluding tert-OH is 1. The molecule has 1 amide bonds. The molecular weight excluding hydrogens is 218 g/mol. The smallest absolute Gasteiger partial charge is 0.257 e. The minimum atomic E-state index is -1.58. The van der Waals surface area contributed by atoms with Crippen molar-refractivity contribution in [3.05, 3.63) is 28.0 Å². The van der Waals surface area contributed by atoms with E-state index in [0.717, 1.165) is 0 Å². The van der Waals surface area contributed by atoms with Crippen molar-refractivity contribution < 1.29 is 18.7 Å². The van der Waals surface area contributed by atoms with Crippen molar-refractivity contribution in [3.8, 4) is 0 Å². The molecule has 7 heteroatoms. The van der Waals surface area contributed by atoms with Crippen LogP contribution in [0.2, 0.25) is 5.15 Å². The number of hydrogen-bond acceptors (Lipinski definition) is 3. The van der Waals surface area contributed by atoms with Gasteiger partial charge < -0.3 is 10.4 Å². The first kappa shape index (κ1) is 9.29. The minimum absolute atomic E-state index is 0.321. The molecule has 2 rings (SSSR count). The molecule has 0 bridgehead atoms. The van der Waals surface area contributed by atoms with Crippen molar-refractivity contribution in [1.82, 2.24) is 10.3 Å². The molecule has 2 heterocycles. The van der Waals surface area contributed by atoms with Crippen LogP contribution in [-0.2, 0) is 0 Å². The molecular formula is C7H3ClF2N2O2. The van der Waals surface area contributed by atoms with Crippen molar-refractivity contribution in [1.29, 1.82) is 0 Å². The molecule has 1 atom stereocenters. The first-order valence-corrected chi connectivity index (χ1v) is 3.93. The third kappa shape index (κ3) is 1.08.